The summed E-state index contributed by atoms with van der Waals surface area (Å²) in [6.45, 7) is 5.67. The third-order valence-corrected chi connectivity index (χ3v) is 3.46. The monoisotopic (exact) mass is 238 g/mol. The fourth-order valence-corrected chi connectivity index (χ4v) is 2.24. The van der Waals surface area contributed by atoms with Gasteiger partial charge in [-0.1, -0.05) is 5.92 Å². The highest BCUT2D eigenvalue weighted by molar-refractivity contribution is 5.81. The van der Waals surface area contributed by atoms with E-state index in [4.69, 9.17) is 6.42 Å². The summed E-state index contributed by atoms with van der Waals surface area (Å²) in [5.74, 6) is 2.63. The Morgan fingerprint density at radius 1 is 1.65 bits per heavy atom. The molecule has 0 spiro atoms. The van der Waals surface area contributed by atoms with Gasteiger partial charge < -0.3 is 10.4 Å². The van der Waals surface area contributed by atoms with Crippen molar-refractivity contribution in [1.29, 1.82) is 0 Å². The smallest absolute Gasteiger partial charge is 0.237 e. The second-order valence-electron chi connectivity index (χ2n) is 4.74. The van der Waals surface area contributed by atoms with Crippen LogP contribution in [-0.4, -0.2) is 47.7 Å². The topological polar surface area (TPSA) is 52.6 Å². The number of nitrogens with zero attached hydrogens (tertiary/aromatic N) is 1. The molecule has 1 aliphatic rings. The van der Waals surface area contributed by atoms with Gasteiger partial charge in [-0.15, -0.1) is 6.42 Å². The van der Waals surface area contributed by atoms with Crippen molar-refractivity contribution < 1.29 is 9.90 Å². The van der Waals surface area contributed by atoms with Crippen LogP contribution >= 0.6 is 0 Å². The van der Waals surface area contributed by atoms with E-state index in [0.717, 1.165) is 25.9 Å². The summed E-state index contributed by atoms with van der Waals surface area (Å²) in [4.78, 5) is 13.9. The zero-order chi connectivity index (χ0) is 12.8. The van der Waals surface area contributed by atoms with Crippen LogP contribution in [0.1, 0.15) is 26.7 Å². The Bertz CT molecular complexity index is 296. The Morgan fingerprint density at radius 3 is 2.94 bits per heavy atom. The van der Waals surface area contributed by atoms with Crippen molar-refractivity contribution in [2.45, 2.75) is 38.8 Å². The number of amides is 1. The van der Waals surface area contributed by atoms with E-state index in [1.54, 1.807) is 0 Å². The second kappa shape index (κ2) is 6.63. The van der Waals surface area contributed by atoms with E-state index in [1.165, 1.54) is 0 Å². The summed E-state index contributed by atoms with van der Waals surface area (Å²) in [5.41, 5.74) is 0. The molecule has 17 heavy (non-hydrogen) atoms. The van der Waals surface area contributed by atoms with Crippen molar-refractivity contribution in [2.75, 3.05) is 19.6 Å². The molecule has 0 radical (unpaired) electrons. The molecule has 1 rings (SSSR count). The predicted molar refractivity (Wildman–Crippen MR) is 67.3 cm³/mol. The molecule has 1 aliphatic heterocycles. The molecule has 1 saturated heterocycles. The normalized spacial score (nSPS) is 24.7. The molecule has 1 fully saturated rings. The van der Waals surface area contributed by atoms with E-state index >= 15 is 0 Å². The Hall–Kier alpha value is -1.05. The van der Waals surface area contributed by atoms with E-state index < -0.39 is 0 Å². The summed E-state index contributed by atoms with van der Waals surface area (Å²) >= 11 is 0. The highest BCUT2D eigenvalue weighted by Crippen LogP contribution is 2.21. The predicted octanol–water partition coefficient (Wildman–Crippen LogP) is 0.217. The number of hydrogen-bond acceptors (Lipinski definition) is 3. The van der Waals surface area contributed by atoms with Crippen LogP contribution in [0.2, 0.25) is 0 Å². The lowest BCUT2D eigenvalue weighted by Gasteiger charge is -2.37. The van der Waals surface area contributed by atoms with Gasteiger partial charge in [-0.3, -0.25) is 9.69 Å². The molecule has 3 unspecified atom stereocenters. The van der Waals surface area contributed by atoms with E-state index in [-0.39, 0.29) is 30.5 Å². The van der Waals surface area contributed by atoms with Crippen molar-refractivity contribution in [1.82, 2.24) is 10.2 Å². The first-order valence-corrected chi connectivity index (χ1v) is 6.19. The SMILES string of the molecule is C#CCNC(=O)C(C)N1CCCC(C(C)O)C1. The Morgan fingerprint density at radius 2 is 2.35 bits per heavy atom. The molecular formula is C13H22N2O2. The number of aliphatic hydroxyl groups is 1. The summed E-state index contributed by atoms with van der Waals surface area (Å²) in [6.07, 6.45) is 6.86. The molecule has 0 saturated carbocycles. The number of hydrogen-bond donors (Lipinski definition) is 2. The third-order valence-electron chi connectivity index (χ3n) is 3.46. The first kappa shape index (κ1) is 14.0. The van der Waals surface area contributed by atoms with Crippen molar-refractivity contribution in [2.24, 2.45) is 5.92 Å². The Kier molecular flexibility index (Phi) is 5.46. The van der Waals surface area contributed by atoms with Gasteiger partial charge in [0.25, 0.3) is 0 Å². The van der Waals surface area contributed by atoms with E-state index in [9.17, 15) is 9.90 Å². The second-order valence-corrected chi connectivity index (χ2v) is 4.74. The minimum Gasteiger partial charge on any atom is -0.393 e. The van der Waals surface area contributed by atoms with Crippen LogP contribution in [-0.2, 0) is 4.79 Å². The molecule has 4 heteroatoms. The van der Waals surface area contributed by atoms with Crippen LogP contribution in [0.4, 0.5) is 0 Å². The average molecular weight is 238 g/mol. The number of carbonyl (C=O) groups is 1. The number of aliphatic hydroxyl groups excluding tert-OH is 1. The van der Waals surface area contributed by atoms with Gasteiger partial charge >= 0.3 is 0 Å². The highest BCUT2D eigenvalue weighted by Gasteiger charge is 2.28. The summed E-state index contributed by atoms with van der Waals surface area (Å²) in [6, 6.07) is -0.176. The molecule has 0 aromatic rings. The molecule has 0 aromatic carbocycles. The number of piperidine rings is 1. The number of rotatable bonds is 4. The number of likely N-dealkylation sites (tertiary alicyclic amines) is 1. The van der Waals surface area contributed by atoms with Gasteiger partial charge in [0.1, 0.15) is 0 Å². The van der Waals surface area contributed by atoms with Gasteiger partial charge in [0.05, 0.1) is 18.7 Å². The van der Waals surface area contributed by atoms with Crippen LogP contribution in [0.15, 0.2) is 0 Å². The molecule has 96 valence electrons. The fraction of sp³-hybridized carbons (Fsp3) is 0.769. The van der Waals surface area contributed by atoms with Crippen LogP contribution in [0, 0.1) is 18.3 Å². The van der Waals surface area contributed by atoms with Crippen molar-refractivity contribution in [3.63, 3.8) is 0 Å². The van der Waals surface area contributed by atoms with Crippen LogP contribution in [0.5, 0.6) is 0 Å². The van der Waals surface area contributed by atoms with Crippen LogP contribution in [0.3, 0.4) is 0 Å². The molecule has 0 bridgehead atoms. The Labute approximate surface area is 103 Å². The summed E-state index contributed by atoms with van der Waals surface area (Å²) < 4.78 is 0. The molecular weight excluding hydrogens is 216 g/mol. The fourth-order valence-electron chi connectivity index (χ4n) is 2.24. The Balaban J connectivity index is 2.48. The maximum atomic E-state index is 11.8. The van der Waals surface area contributed by atoms with Gasteiger partial charge in [0.2, 0.25) is 5.91 Å². The molecule has 2 N–H and O–H groups in total. The summed E-state index contributed by atoms with van der Waals surface area (Å²) in [5, 5.41) is 12.3. The number of terminal acetylenes is 1. The van der Waals surface area contributed by atoms with Gasteiger partial charge in [-0.2, -0.15) is 0 Å². The molecule has 1 heterocycles. The largest absolute Gasteiger partial charge is 0.393 e. The van der Waals surface area contributed by atoms with Crippen LogP contribution < -0.4 is 5.32 Å². The van der Waals surface area contributed by atoms with E-state index in [2.05, 4.69) is 16.1 Å². The lowest BCUT2D eigenvalue weighted by molar-refractivity contribution is -0.126. The van der Waals surface area contributed by atoms with Gasteiger partial charge in [0, 0.05) is 6.54 Å². The molecule has 0 aromatic heterocycles. The quantitative estimate of drug-likeness (QED) is 0.689. The van der Waals surface area contributed by atoms with E-state index in [0.29, 0.717) is 0 Å². The molecule has 3 atom stereocenters. The van der Waals surface area contributed by atoms with Gasteiger partial charge in [-0.05, 0) is 39.2 Å². The van der Waals surface area contributed by atoms with Crippen LogP contribution in [0.25, 0.3) is 0 Å². The number of nitrogens with one attached hydrogen (secondary N) is 1. The molecule has 1 amide bonds. The standard InChI is InChI=1S/C13H22N2O2/c1-4-7-14-13(17)10(2)15-8-5-6-12(9-15)11(3)16/h1,10-12,16H,5-9H2,2-3H3,(H,14,17). The zero-order valence-corrected chi connectivity index (χ0v) is 10.6. The third kappa shape index (κ3) is 4.03. The minimum absolute atomic E-state index is 0.0332. The van der Waals surface area contributed by atoms with Crippen molar-refractivity contribution in [3.8, 4) is 12.3 Å². The maximum Gasteiger partial charge on any atom is 0.237 e. The zero-order valence-electron chi connectivity index (χ0n) is 10.6. The lowest BCUT2D eigenvalue weighted by Crippen LogP contribution is -2.50. The minimum atomic E-state index is -0.307. The number of carbonyl (C=O) groups excluding carboxylic acids is 1. The van der Waals surface area contributed by atoms with Crippen molar-refractivity contribution >= 4 is 5.91 Å². The average Bonchev–Trinajstić information content (AvgIpc) is 2.35. The summed E-state index contributed by atoms with van der Waals surface area (Å²) in [7, 11) is 0. The van der Waals surface area contributed by atoms with Gasteiger partial charge in [0.15, 0.2) is 0 Å². The van der Waals surface area contributed by atoms with Gasteiger partial charge in [-0.25, -0.2) is 0 Å². The van der Waals surface area contributed by atoms with E-state index in [1.807, 2.05) is 13.8 Å². The first-order chi connectivity index (χ1) is 8.06. The lowest BCUT2D eigenvalue weighted by atomic mass is 9.92. The molecule has 4 nitrogen and oxygen atoms in total. The van der Waals surface area contributed by atoms with Crippen molar-refractivity contribution in [3.05, 3.63) is 0 Å². The maximum absolute atomic E-state index is 11.8. The molecule has 0 aliphatic carbocycles. The highest BCUT2D eigenvalue weighted by atomic mass is 16.3. The first-order valence-electron chi connectivity index (χ1n) is 6.19.